The first-order valence-corrected chi connectivity index (χ1v) is 7.57. The van der Waals surface area contributed by atoms with E-state index in [0.717, 1.165) is 5.69 Å². The number of anilines is 2. The minimum Gasteiger partial charge on any atom is -0.308 e. The van der Waals surface area contributed by atoms with Crippen molar-refractivity contribution in [3.8, 4) is 0 Å². The van der Waals surface area contributed by atoms with Crippen molar-refractivity contribution in [1.82, 2.24) is 9.97 Å². The van der Waals surface area contributed by atoms with E-state index >= 15 is 0 Å². The summed E-state index contributed by atoms with van der Waals surface area (Å²) in [5, 5.41) is 5.24. The van der Waals surface area contributed by atoms with Crippen molar-refractivity contribution in [3.63, 3.8) is 0 Å². The van der Waals surface area contributed by atoms with Gasteiger partial charge in [-0.05, 0) is 27.9 Å². The van der Waals surface area contributed by atoms with E-state index in [1.807, 2.05) is 5.38 Å². The molecule has 106 valence electrons. The zero-order valence-corrected chi connectivity index (χ0v) is 13.4. The van der Waals surface area contributed by atoms with E-state index < -0.39 is 0 Å². The van der Waals surface area contributed by atoms with E-state index in [-0.39, 0.29) is 5.91 Å². The second-order valence-corrected chi connectivity index (χ2v) is 6.15. The van der Waals surface area contributed by atoms with Gasteiger partial charge >= 0.3 is 0 Å². The molecular weight excluding hydrogens is 342 g/mol. The number of hydrazine groups is 1. The molecule has 0 atom stereocenters. The summed E-state index contributed by atoms with van der Waals surface area (Å²) in [6.07, 6.45) is 1.56. The summed E-state index contributed by atoms with van der Waals surface area (Å²) < 4.78 is 0.698. The smallest absolute Gasteiger partial charge is 0.261 e. The molecule has 0 spiro atoms. The molecule has 2 heterocycles. The van der Waals surface area contributed by atoms with Crippen LogP contribution in [0.4, 0.5) is 10.9 Å². The summed E-state index contributed by atoms with van der Waals surface area (Å²) in [7, 11) is 0. The monoisotopic (exact) mass is 355 g/mol. The third-order valence-corrected chi connectivity index (χ3v) is 3.78. The van der Waals surface area contributed by atoms with Crippen molar-refractivity contribution >= 4 is 44.1 Å². The number of nitrogens with two attached hydrogens (primary N) is 1. The number of nitrogen functional groups attached to an aromatic ring is 1. The number of nitrogens with one attached hydrogen (secondary N) is 2. The Balaban J connectivity index is 2.21. The fourth-order valence-electron chi connectivity index (χ4n) is 1.50. The average molecular weight is 356 g/mol. The van der Waals surface area contributed by atoms with Gasteiger partial charge in [-0.1, -0.05) is 13.8 Å². The van der Waals surface area contributed by atoms with Gasteiger partial charge in [0.1, 0.15) is 0 Å². The van der Waals surface area contributed by atoms with E-state index in [0.29, 0.717) is 26.9 Å². The summed E-state index contributed by atoms with van der Waals surface area (Å²) in [4.78, 5) is 20.6. The summed E-state index contributed by atoms with van der Waals surface area (Å²) in [5.74, 6) is 5.68. The zero-order chi connectivity index (χ0) is 14.7. The molecule has 8 heteroatoms. The number of amides is 1. The van der Waals surface area contributed by atoms with Gasteiger partial charge in [0.15, 0.2) is 10.9 Å². The summed E-state index contributed by atoms with van der Waals surface area (Å²) in [6.45, 7) is 4.10. The van der Waals surface area contributed by atoms with E-state index in [2.05, 4.69) is 50.5 Å². The van der Waals surface area contributed by atoms with Crippen LogP contribution in [0.5, 0.6) is 0 Å². The van der Waals surface area contributed by atoms with Crippen LogP contribution in [0.1, 0.15) is 35.8 Å². The molecule has 0 unspecified atom stereocenters. The van der Waals surface area contributed by atoms with Crippen LogP contribution in [0.15, 0.2) is 22.1 Å². The van der Waals surface area contributed by atoms with Crippen molar-refractivity contribution in [1.29, 1.82) is 0 Å². The molecule has 1 amide bonds. The minimum absolute atomic E-state index is 0.309. The summed E-state index contributed by atoms with van der Waals surface area (Å²) in [6, 6.07) is 1.65. The van der Waals surface area contributed by atoms with E-state index in [1.165, 1.54) is 11.3 Å². The van der Waals surface area contributed by atoms with Gasteiger partial charge in [0.25, 0.3) is 5.91 Å². The number of carbonyl (C=O) groups excluding carboxylic acids is 1. The van der Waals surface area contributed by atoms with Gasteiger partial charge in [-0.3, -0.25) is 10.1 Å². The van der Waals surface area contributed by atoms with Crippen LogP contribution in [-0.4, -0.2) is 15.9 Å². The van der Waals surface area contributed by atoms with Crippen LogP contribution in [0.25, 0.3) is 0 Å². The first-order chi connectivity index (χ1) is 9.51. The first kappa shape index (κ1) is 14.9. The molecule has 6 nitrogen and oxygen atoms in total. The number of pyridine rings is 1. The molecule has 0 aliphatic rings. The number of nitrogens with zero attached hydrogens (tertiary/aromatic N) is 2. The largest absolute Gasteiger partial charge is 0.308 e. The number of thiazole rings is 1. The van der Waals surface area contributed by atoms with E-state index in [4.69, 9.17) is 5.84 Å². The van der Waals surface area contributed by atoms with Gasteiger partial charge in [0.05, 0.1) is 11.3 Å². The number of halogens is 1. The fraction of sp³-hybridized carbons (Fsp3) is 0.250. The molecular formula is C12H14BrN5OS. The van der Waals surface area contributed by atoms with E-state index in [1.54, 1.807) is 12.3 Å². The molecule has 2 rings (SSSR count). The fourth-order valence-corrected chi connectivity index (χ4v) is 2.70. The van der Waals surface area contributed by atoms with Gasteiger partial charge < -0.3 is 5.43 Å². The lowest BCUT2D eigenvalue weighted by atomic mass is 10.2. The molecule has 4 N–H and O–H groups in total. The average Bonchev–Trinajstić information content (AvgIpc) is 2.87. The standard InChI is InChI=1S/C12H14BrN5OS/c1-6(2)9-5-20-12(16-9)17-11(19)8-3-7(13)4-15-10(8)18-14/h3-6H,14H2,1-2H3,(H,15,18)(H,16,17,19). The van der Waals surface area contributed by atoms with Crippen LogP contribution >= 0.6 is 27.3 Å². The van der Waals surface area contributed by atoms with Crippen LogP contribution < -0.4 is 16.6 Å². The molecule has 0 bridgehead atoms. The topological polar surface area (TPSA) is 92.9 Å². The number of rotatable bonds is 4. The van der Waals surface area contributed by atoms with Crippen molar-refractivity contribution in [2.45, 2.75) is 19.8 Å². The highest BCUT2D eigenvalue weighted by Crippen LogP contribution is 2.23. The molecule has 2 aromatic heterocycles. The lowest BCUT2D eigenvalue weighted by Crippen LogP contribution is -2.18. The molecule has 0 radical (unpaired) electrons. The molecule has 0 aliphatic carbocycles. The predicted molar refractivity (Wildman–Crippen MR) is 83.9 cm³/mol. The van der Waals surface area contributed by atoms with Crippen molar-refractivity contribution in [2.24, 2.45) is 5.84 Å². The highest BCUT2D eigenvalue weighted by Gasteiger charge is 2.15. The Morgan fingerprint density at radius 2 is 2.25 bits per heavy atom. The van der Waals surface area contributed by atoms with Crippen molar-refractivity contribution in [3.05, 3.63) is 33.4 Å². The predicted octanol–water partition coefficient (Wildman–Crippen LogP) is 2.96. The Bertz CT molecular complexity index is 628. The van der Waals surface area contributed by atoms with Gasteiger partial charge in [0, 0.05) is 16.0 Å². The third kappa shape index (κ3) is 3.33. The normalized spacial score (nSPS) is 10.7. The van der Waals surface area contributed by atoms with E-state index in [9.17, 15) is 4.79 Å². The lowest BCUT2D eigenvalue weighted by Gasteiger charge is -2.07. The van der Waals surface area contributed by atoms with Gasteiger partial charge in [0.2, 0.25) is 0 Å². The molecule has 0 aliphatic heterocycles. The number of carbonyl (C=O) groups is 1. The van der Waals surface area contributed by atoms with Crippen LogP contribution in [0.3, 0.4) is 0 Å². The molecule has 2 aromatic rings. The number of hydrogen-bond acceptors (Lipinski definition) is 6. The van der Waals surface area contributed by atoms with Gasteiger partial charge in [-0.2, -0.15) is 0 Å². The maximum absolute atomic E-state index is 12.2. The minimum atomic E-state index is -0.309. The van der Waals surface area contributed by atoms with Crippen molar-refractivity contribution in [2.75, 3.05) is 10.7 Å². The lowest BCUT2D eigenvalue weighted by molar-refractivity contribution is 0.102. The Morgan fingerprint density at radius 3 is 2.85 bits per heavy atom. The molecule has 20 heavy (non-hydrogen) atoms. The van der Waals surface area contributed by atoms with Crippen LogP contribution in [0, 0.1) is 0 Å². The summed E-state index contributed by atoms with van der Waals surface area (Å²) >= 11 is 4.67. The maximum Gasteiger partial charge on any atom is 0.261 e. The molecule has 0 fully saturated rings. The second-order valence-electron chi connectivity index (χ2n) is 4.38. The van der Waals surface area contributed by atoms with Crippen LogP contribution in [-0.2, 0) is 0 Å². The Kier molecular flexibility index (Phi) is 4.69. The highest BCUT2D eigenvalue weighted by molar-refractivity contribution is 9.10. The maximum atomic E-state index is 12.2. The van der Waals surface area contributed by atoms with Gasteiger partial charge in [-0.25, -0.2) is 15.8 Å². The number of hydrogen-bond donors (Lipinski definition) is 3. The third-order valence-electron chi connectivity index (χ3n) is 2.57. The number of aromatic nitrogens is 2. The van der Waals surface area contributed by atoms with Gasteiger partial charge in [-0.15, -0.1) is 11.3 Å². The quantitative estimate of drug-likeness (QED) is 0.579. The Hall–Kier alpha value is -1.51. The highest BCUT2D eigenvalue weighted by atomic mass is 79.9. The second kappa shape index (κ2) is 6.29. The molecule has 0 saturated heterocycles. The zero-order valence-electron chi connectivity index (χ0n) is 11.0. The SMILES string of the molecule is CC(C)c1csc(NC(=O)c2cc(Br)cnc2NN)n1. The van der Waals surface area contributed by atoms with Crippen molar-refractivity contribution < 1.29 is 4.79 Å². The Labute approximate surface area is 128 Å². The molecule has 0 saturated carbocycles. The Morgan fingerprint density at radius 1 is 1.50 bits per heavy atom. The van der Waals surface area contributed by atoms with Crippen LogP contribution in [0.2, 0.25) is 0 Å². The summed E-state index contributed by atoms with van der Waals surface area (Å²) in [5.41, 5.74) is 3.71. The first-order valence-electron chi connectivity index (χ1n) is 5.90. The molecule has 0 aromatic carbocycles.